The summed E-state index contributed by atoms with van der Waals surface area (Å²) in [5.41, 5.74) is 5.29. The first kappa shape index (κ1) is 13.5. The quantitative estimate of drug-likeness (QED) is 0.609. The van der Waals surface area contributed by atoms with Crippen LogP contribution >= 0.6 is 0 Å². The van der Waals surface area contributed by atoms with Crippen LogP contribution in [0.1, 0.15) is 32.7 Å². The van der Waals surface area contributed by atoms with E-state index in [1.54, 1.807) is 0 Å². The van der Waals surface area contributed by atoms with Crippen molar-refractivity contribution in [3.8, 4) is 0 Å². The number of hydrogen-bond donors (Lipinski definition) is 0. The van der Waals surface area contributed by atoms with Crippen molar-refractivity contribution in [3.63, 3.8) is 0 Å². The van der Waals surface area contributed by atoms with Crippen LogP contribution in [0.4, 0.5) is 0 Å². The van der Waals surface area contributed by atoms with Crippen molar-refractivity contribution in [2.24, 2.45) is 0 Å². The summed E-state index contributed by atoms with van der Waals surface area (Å²) in [6.45, 7) is 8.50. The SMILES string of the molecule is Cc1cc(C)c(C(=O)C[n+]2ccccc2C)c(C)c1. The summed E-state index contributed by atoms with van der Waals surface area (Å²) >= 11 is 0. The van der Waals surface area contributed by atoms with E-state index in [9.17, 15) is 4.79 Å². The minimum Gasteiger partial charge on any atom is -0.287 e. The number of ketones is 1. The third kappa shape index (κ3) is 2.90. The summed E-state index contributed by atoms with van der Waals surface area (Å²) in [4.78, 5) is 12.5. The Labute approximate surface area is 114 Å². The van der Waals surface area contributed by atoms with E-state index >= 15 is 0 Å². The average molecular weight is 254 g/mol. The molecular formula is C17H20NO+. The fraction of sp³-hybridized carbons (Fsp3) is 0.294. The fourth-order valence-corrected chi connectivity index (χ4v) is 2.59. The fourth-order valence-electron chi connectivity index (χ4n) is 2.59. The number of carbonyl (C=O) groups is 1. The molecule has 0 atom stereocenters. The van der Waals surface area contributed by atoms with Crippen LogP contribution in [0.15, 0.2) is 36.5 Å². The molecule has 0 saturated carbocycles. The van der Waals surface area contributed by atoms with Gasteiger partial charge < -0.3 is 0 Å². The normalized spacial score (nSPS) is 10.5. The summed E-state index contributed by atoms with van der Waals surface area (Å²) < 4.78 is 1.99. The lowest BCUT2D eigenvalue weighted by molar-refractivity contribution is -0.689. The van der Waals surface area contributed by atoms with Gasteiger partial charge in [0.05, 0.1) is 0 Å². The Bertz CT molecular complexity index is 606. The lowest BCUT2D eigenvalue weighted by atomic mass is 9.96. The van der Waals surface area contributed by atoms with Gasteiger partial charge >= 0.3 is 0 Å². The van der Waals surface area contributed by atoms with Crippen molar-refractivity contribution in [2.75, 3.05) is 0 Å². The number of carbonyl (C=O) groups excluding carboxylic acids is 1. The Morgan fingerprint density at radius 1 is 1.05 bits per heavy atom. The summed E-state index contributed by atoms with van der Waals surface area (Å²) in [5.74, 6) is 0.175. The van der Waals surface area contributed by atoms with Crippen molar-refractivity contribution in [1.82, 2.24) is 0 Å². The highest BCUT2D eigenvalue weighted by molar-refractivity contribution is 5.98. The van der Waals surface area contributed by atoms with Gasteiger partial charge in [-0.05, 0) is 31.9 Å². The number of aromatic nitrogens is 1. The standard InChI is InChI=1S/C17H20NO/c1-12-9-13(2)17(14(3)10-12)16(19)11-18-8-6-5-7-15(18)4/h5-10H,11H2,1-4H3/q+1. The molecule has 0 unspecified atom stereocenters. The van der Waals surface area contributed by atoms with Crippen molar-refractivity contribution < 1.29 is 9.36 Å². The molecule has 2 rings (SSSR count). The maximum atomic E-state index is 12.5. The van der Waals surface area contributed by atoms with E-state index in [-0.39, 0.29) is 5.78 Å². The molecule has 0 aliphatic heterocycles. The van der Waals surface area contributed by atoms with Gasteiger partial charge in [-0.1, -0.05) is 23.8 Å². The monoisotopic (exact) mass is 254 g/mol. The first-order valence-corrected chi connectivity index (χ1v) is 6.55. The van der Waals surface area contributed by atoms with Gasteiger partial charge in [0.2, 0.25) is 12.3 Å². The Balaban J connectivity index is 2.34. The van der Waals surface area contributed by atoms with Crippen LogP contribution in [0.5, 0.6) is 0 Å². The van der Waals surface area contributed by atoms with Gasteiger partial charge in [-0.25, -0.2) is 0 Å². The van der Waals surface area contributed by atoms with E-state index in [0.29, 0.717) is 6.54 Å². The van der Waals surface area contributed by atoms with Crippen LogP contribution in [-0.2, 0) is 6.54 Å². The number of rotatable bonds is 3. The van der Waals surface area contributed by atoms with E-state index in [0.717, 1.165) is 22.4 Å². The second-order valence-corrected chi connectivity index (χ2v) is 5.17. The van der Waals surface area contributed by atoms with Crippen LogP contribution in [-0.4, -0.2) is 5.78 Å². The lowest BCUT2D eigenvalue weighted by Crippen LogP contribution is -2.40. The number of nitrogens with zero attached hydrogens (tertiary/aromatic N) is 1. The molecule has 1 aromatic heterocycles. The third-order valence-corrected chi connectivity index (χ3v) is 3.44. The van der Waals surface area contributed by atoms with E-state index in [4.69, 9.17) is 0 Å². The first-order chi connectivity index (χ1) is 8.99. The van der Waals surface area contributed by atoms with Crippen LogP contribution in [0.3, 0.4) is 0 Å². The van der Waals surface area contributed by atoms with Crippen molar-refractivity contribution in [1.29, 1.82) is 0 Å². The molecule has 2 aromatic rings. The van der Waals surface area contributed by atoms with Crippen molar-refractivity contribution in [3.05, 3.63) is 64.5 Å². The largest absolute Gasteiger partial charge is 0.287 e. The molecule has 0 fully saturated rings. The molecule has 0 amide bonds. The van der Waals surface area contributed by atoms with E-state index in [1.165, 1.54) is 5.56 Å². The zero-order valence-electron chi connectivity index (χ0n) is 12.0. The molecule has 0 radical (unpaired) electrons. The zero-order valence-corrected chi connectivity index (χ0v) is 12.0. The average Bonchev–Trinajstić information content (AvgIpc) is 2.30. The van der Waals surface area contributed by atoms with Gasteiger partial charge in [0.15, 0.2) is 11.9 Å². The van der Waals surface area contributed by atoms with Gasteiger partial charge in [0.25, 0.3) is 0 Å². The molecular weight excluding hydrogens is 234 g/mol. The number of hydrogen-bond acceptors (Lipinski definition) is 1. The van der Waals surface area contributed by atoms with Gasteiger partial charge in [0, 0.05) is 24.6 Å². The highest BCUT2D eigenvalue weighted by atomic mass is 16.1. The van der Waals surface area contributed by atoms with E-state index in [1.807, 2.05) is 49.7 Å². The lowest BCUT2D eigenvalue weighted by Gasteiger charge is -2.09. The predicted molar refractivity (Wildman–Crippen MR) is 76.4 cm³/mol. The van der Waals surface area contributed by atoms with Gasteiger partial charge in [-0.15, -0.1) is 0 Å². The molecule has 98 valence electrons. The molecule has 2 heteroatoms. The van der Waals surface area contributed by atoms with Gasteiger partial charge in [-0.2, -0.15) is 4.57 Å². The number of benzene rings is 1. The number of pyridine rings is 1. The molecule has 0 spiro atoms. The molecule has 0 saturated heterocycles. The Morgan fingerprint density at radius 2 is 1.68 bits per heavy atom. The van der Waals surface area contributed by atoms with E-state index in [2.05, 4.69) is 19.1 Å². The molecule has 0 aliphatic carbocycles. The maximum absolute atomic E-state index is 12.5. The zero-order chi connectivity index (χ0) is 14.0. The highest BCUT2D eigenvalue weighted by Gasteiger charge is 2.18. The number of Topliss-reactive ketones (excluding diaryl/α,β-unsaturated/α-hetero) is 1. The summed E-state index contributed by atoms with van der Waals surface area (Å²) in [6.07, 6.45) is 1.95. The summed E-state index contributed by atoms with van der Waals surface area (Å²) in [5, 5.41) is 0. The highest BCUT2D eigenvalue weighted by Crippen LogP contribution is 2.17. The second kappa shape index (κ2) is 5.35. The van der Waals surface area contributed by atoms with Crippen LogP contribution in [0.25, 0.3) is 0 Å². The Kier molecular flexibility index (Phi) is 3.79. The maximum Gasteiger partial charge on any atom is 0.228 e. The molecule has 2 nitrogen and oxygen atoms in total. The topological polar surface area (TPSA) is 20.9 Å². The van der Waals surface area contributed by atoms with Gasteiger partial charge in [0.1, 0.15) is 0 Å². The van der Waals surface area contributed by atoms with Crippen LogP contribution in [0.2, 0.25) is 0 Å². The Hall–Kier alpha value is -1.96. The molecule has 1 heterocycles. The minimum atomic E-state index is 0.175. The summed E-state index contributed by atoms with van der Waals surface area (Å²) in [6, 6.07) is 10.1. The molecule has 19 heavy (non-hydrogen) atoms. The Morgan fingerprint density at radius 3 is 2.26 bits per heavy atom. The van der Waals surface area contributed by atoms with Crippen molar-refractivity contribution in [2.45, 2.75) is 34.2 Å². The smallest absolute Gasteiger partial charge is 0.228 e. The van der Waals surface area contributed by atoms with Crippen LogP contribution in [0, 0.1) is 27.7 Å². The predicted octanol–water partition coefficient (Wildman–Crippen LogP) is 3.09. The number of aryl methyl sites for hydroxylation is 4. The minimum absolute atomic E-state index is 0.175. The second-order valence-electron chi connectivity index (χ2n) is 5.17. The molecule has 0 aliphatic rings. The molecule has 0 bridgehead atoms. The van der Waals surface area contributed by atoms with Gasteiger partial charge in [-0.3, -0.25) is 4.79 Å². The summed E-state index contributed by atoms with van der Waals surface area (Å²) in [7, 11) is 0. The van der Waals surface area contributed by atoms with E-state index < -0.39 is 0 Å². The van der Waals surface area contributed by atoms with Crippen LogP contribution < -0.4 is 4.57 Å². The third-order valence-electron chi connectivity index (χ3n) is 3.44. The molecule has 0 N–H and O–H groups in total. The molecule has 1 aromatic carbocycles. The van der Waals surface area contributed by atoms with Crippen molar-refractivity contribution >= 4 is 5.78 Å². The first-order valence-electron chi connectivity index (χ1n) is 6.55.